The molecule has 1 aliphatic carbocycles. The minimum atomic E-state index is 0.277. The summed E-state index contributed by atoms with van der Waals surface area (Å²) in [6, 6.07) is 0.669. The van der Waals surface area contributed by atoms with E-state index in [1.54, 1.807) is 11.1 Å². The van der Waals surface area contributed by atoms with E-state index >= 15 is 0 Å². The van der Waals surface area contributed by atoms with Gasteiger partial charge in [-0.15, -0.1) is 0 Å². The molecule has 0 saturated carbocycles. The Morgan fingerprint density at radius 3 is 1.70 bits per heavy atom. The van der Waals surface area contributed by atoms with Crippen LogP contribution in [0.25, 0.3) is 0 Å². The summed E-state index contributed by atoms with van der Waals surface area (Å²) in [5, 5.41) is 0. The van der Waals surface area contributed by atoms with Crippen molar-refractivity contribution in [2.24, 2.45) is 16.7 Å². The third-order valence-electron chi connectivity index (χ3n) is 5.11. The number of likely N-dealkylation sites (tertiary alicyclic amines) is 1. The summed E-state index contributed by atoms with van der Waals surface area (Å²) in [7, 11) is 0. The summed E-state index contributed by atoms with van der Waals surface area (Å²) < 4.78 is 0. The van der Waals surface area contributed by atoms with Crippen LogP contribution in [0.2, 0.25) is 0 Å². The molecule has 1 nitrogen and oxygen atoms in total. The average Bonchev–Trinajstić information content (AvgIpc) is 2.48. The Labute approximate surface area is 126 Å². The average molecular weight is 277 g/mol. The van der Waals surface area contributed by atoms with Crippen LogP contribution in [0.5, 0.6) is 0 Å². The first-order chi connectivity index (χ1) is 8.83. The van der Waals surface area contributed by atoms with Gasteiger partial charge in [0.1, 0.15) is 0 Å². The first-order valence-corrected chi connectivity index (χ1v) is 8.35. The summed E-state index contributed by atoms with van der Waals surface area (Å²) in [4.78, 5) is 2.77. The van der Waals surface area contributed by atoms with Gasteiger partial charge in [-0.3, -0.25) is 4.90 Å². The van der Waals surface area contributed by atoms with Crippen molar-refractivity contribution in [3.8, 4) is 0 Å². The van der Waals surface area contributed by atoms with Crippen molar-refractivity contribution in [1.29, 1.82) is 0 Å². The highest BCUT2D eigenvalue weighted by atomic mass is 15.2. The fraction of sp³-hybridized carbons (Fsp3) is 0.895. The van der Waals surface area contributed by atoms with Gasteiger partial charge in [-0.05, 0) is 62.5 Å². The molecule has 0 radical (unpaired) electrons. The van der Waals surface area contributed by atoms with Gasteiger partial charge in [0.15, 0.2) is 0 Å². The minimum Gasteiger partial charge on any atom is -0.292 e. The second kappa shape index (κ2) is 4.60. The van der Waals surface area contributed by atoms with Crippen molar-refractivity contribution in [2.75, 3.05) is 6.54 Å². The lowest BCUT2D eigenvalue weighted by Gasteiger charge is -2.46. The van der Waals surface area contributed by atoms with Crippen molar-refractivity contribution >= 4 is 0 Å². The SMILES string of the molecule is CC(C)(C)C1=C(C(C)(C)C)C2CC1CCN2C(C)(C)C. The fourth-order valence-electron chi connectivity index (χ4n) is 4.62. The zero-order valence-corrected chi connectivity index (χ0v) is 15.2. The molecule has 2 aliphatic rings. The lowest BCUT2D eigenvalue weighted by Crippen LogP contribution is -2.51. The number of rotatable bonds is 0. The van der Waals surface area contributed by atoms with Gasteiger partial charge in [-0.2, -0.15) is 0 Å². The molecule has 0 aromatic heterocycles. The number of hydrogen-bond acceptors (Lipinski definition) is 1. The number of fused-ring (bicyclic) bond motifs is 2. The van der Waals surface area contributed by atoms with Crippen molar-refractivity contribution in [3.63, 3.8) is 0 Å². The normalized spacial score (nSPS) is 29.2. The molecule has 0 amide bonds. The predicted molar refractivity (Wildman–Crippen MR) is 88.9 cm³/mol. The largest absolute Gasteiger partial charge is 0.292 e. The van der Waals surface area contributed by atoms with E-state index in [1.165, 1.54) is 19.4 Å². The highest BCUT2D eigenvalue weighted by Crippen LogP contribution is 2.54. The second-order valence-corrected chi connectivity index (χ2v) is 9.93. The molecular weight excluding hydrogens is 242 g/mol. The van der Waals surface area contributed by atoms with E-state index in [9.17, 15) is 0 Å². The van der Waals surface area contributed by atoms with Crippen molar-refractivity contribution in [2.45, 2.75) is 86.7 Å². The lowest BCUT2D eigenvalue weighted by atomic mass is 9.73. The van der Waals surface area contributed by atoms with Gasteiger partial charge in [0.05, 0.1) is 0 Å². The van der Waals surface area contributed by atoms with E-state index in [4.69, 9.17) is 0 Å². The predicted octanol–water partition coefficient (Wildman–Crippen LogP) is 5.27. The fourth-order valence-corrected chi connectivity index (χ4v) is 4.62. The zero-order valence-electron chi connectivity index (χ0n) is 15.2. The molecule has 2 unspecified atom stereocenters. The molecule has 1 heteroatoms. The van der Waals surface area contributed by atoms with Gasteiger partial charge < -0.3 is 0 Å². The monoisotopic (exact) mass is 277 g/mol. The molecule has 0 N–H and O–H groups in total. The molecule has 2 bridgehead atoms. The molecule has 1 fully saturated rings. The van der Waals surface area contributed by atoms with Crippen LogP contribution in [-0.2, 0) is 0 Å². The third kappa shape index (κ3) is 2.71. The maximum absolute atomic E-state index is 2.77. The summed E-state index contributed by atoms with van der Waals surface area (Å²) in [6.07, 6.45) is 2.70. The number of allylic oxidation sites excluding steroid dienone is 1. The topological polar surface area (TPSA) is 3.24 Å². The van der Waals surface area contributed by atoms with Crippen LogP contribution in [0.3, 0.4) is 0 Å². The lowest BCUT2D eigenvalue weighted by molar-refractivity contribution is 0.0587. The minimum absolute atomic E-state index is 0.277. The number of piperidine rings is 1. The highest BCUT2D eigenvalue weighted by molar-refractivity contribution is 5.38. The van der Waals surface area contributed by atoms with Crippen molar-refractivity contribution < 1.29 is 0 Å². The van der Waals surface area contributed by atoms with Crippen LogP contribution in [-0.4, -0.2) is 23.0 Å². The van der Waals surface area contributed by atoms with Gasteiger partial charge in [0, 0.05) is 11.6 Å². The third-order valence-corrected chi connectivity index (χ3v) is 5.11. The van der Waals surface area contributed by atoms with E-state index in [-0.39, 0.29) is 11.0 Å². The Morgan fingerprint density at radius 1 is 0.800 bits per heavy atom. The van der Waals surface area contributed by atoms with Gasteiger partial charge in [0.25, 0.3) is 0 Å². The maximum atomic E-state index is 2.77. The summed E-state index contributed by atoms with van der Waals surface area (Å²) in [5.74, 6) is 0.827. The van der Waals surface area contributed by atoms with E-state index in [1.807, 2.05) is 0 Å². The Kier molecular flexibility index (Phi) is 3.70. The molecule has 0 aromatic rings. The van der Waals surface area contributed by atoms with Crippen LogP contribution in [0.15, 0.2) is 11.1 Å². The molecular formula is C19H35N. The van der Waals surface area contributed by atoms with E-state index in [0.717, 1.165) is 5.92 Å². The summed E-state index contributed by atoms with van der Waals surface area (Å²) in [5.41, 5.74) is 4.41. The number of hydrogen-bond donors (Lipinski definition) is 0. The smallest absolute Gasteiger partial charge is 0.0326 e. The second-order valence-electron chi connectivity index (χ2n) is 9.93. The number of nitrogens with zero attached hydrogens (tertiary/aromatic N) is 1. The molecule has 1 saturated heterocycles. The van der Waals surface area contributed by atoms with Crippen LogP contribution in [0.1, 0.15) is 75.2 Å². The van der Waals surface area contributed by atoms with E-state index < -0.39 is 0 Å². The van der Waals surface area contributed by atoms with E-state index in [2.05, 4.69) is 67.2 Å². The molecule has 2 rings (SSSR count). The van der Waals surface area contributed by atoms with Gasteiger partial charge in [-0.1, -0.05) is 47.1 Å². The van der Waals surface area contributed by atoms with Crippen molar-refractivity contribution in [1.82, 2.24) is 4.90 Å². The van der Waals surface area contributed by atoms with Crippen LogP contribution in [0, 0.1) is 16.7 Å². The molecule has 20 heavy (non-hydrogen) atoms. The highest BCUT2D eigenvalue weighted by Gasteiger charge is 2.49. The summed E-state index contributed by atoms with van der Waals surface area (Å²) in [6.45, 7) is 22.9. The molecule has 0 aromatic carbocycles. The first kappa shape index (κ1) is 16.1. The van der Waals surface area contributed by atoms with Crippen molar-refractivity contribution in [3.05, 3.63) is 11.1 Å². The molecule has 1 heterocycles. The first-order valence-electron chi connectivity index (χ1n) is 8.35. The van der Waals surface area contributed by atoms with E-state index in [0.29, 0.717) is 11.5 Å². The van der Waals surface area contributed by atoms with Crippen LogP contribution in [0.4, 0.5) is 0 Å². The standard InChI is InChI=1S/C19H35N/c1-17(2,3)15-13-10-11-20(19(7,8)9)14(12-13)16(15)18(4,5)6/h13-14H,10-12H2,1-9H3. The molecule has 1 aliphatic heterocycles. The Hall–Kier alpha value is -0.300. The van der Waals surface area contributed by atoms with Crippen LogP contribution < -0.4 is 0 Å². The Bertz CT molecular complexity index is 409. The summed E-state index contributed by atoms with van der Waals surface area (Å²) >= 11 is 0. The maximum Gasteiger partial charge on any atom is 0.0326 e. The van der Waals surface area contributed by atoms with Gasteiger partial charge >= 0.3 is 0 Å². The quantitative estimate of drug-likeness (QED) is 0.545. The molecule has 2 atom stereocenters. The van der Waals surface area contributed by atoms with Gasteiger partial charge in [0.2, 0.25) is 0 Å². The molecule has 116 valence electrons. The van der Waals surface area contributed by atoms with Crippen LogP contribution >= 0.6 is 0 Å². The zero-order chi connectivity index (χ0) is 15.5. The Morgan fingerprint density at radius 2 is 1.30 bits per heavy atom. The Balaban J connectivity index is 2.54. The van der Waals surface area contributed by atoms with Gasteiger partial charge in [-0.25, -0.2) is 0 Å². The molecule has 0 spiro atoms.